The molecule has 1 rings (SSSR count). The molecular weight excluding hydrogens is 302 g/mol. The molecule has 1 amide bonds. The van der Waals surface area contributed by atoms with Crippen LogP contribution in [0, 0.1) is 0 Å². The van der Waals surface area contributed by atoms with Gasteiger partial charge in [-0.3, -0.25) is 4.79 Å². The summed E-state index contributed by atoms with van der Waals surface area (Å²) in [6.45, 7) is 0.0462. The zero-order chi connectivity index (χ0) is 15.7. The van der Waals surface area contributed by atoms with Crippen LogP contribution in [0.4, 0.5) is 10.8 Å². The van der Waals surface area contributed by atoms with Crippen LogP contribution in [0.1, 0.15) is 0 Å². The van der Waals surface area contributed by atoms with Gasteiger partial charge < -0.3 is 15.5 Å². The van der Waals surface area contributed by atoms with Gasteiger partial charge in [0.05, 0.1) is 6.54 Å². The number of nitrogen functional groups attached to an aromatic ring is 1. The van der Waals surface area contributed by atoms with Crippen molar-refractivity contribution >= 4 is 38.3 Å². The second kappa shape index (κ2) is 5.94. The fraction of sp³-hybridized carbons (Fsp3) is 0.600. The summed E-state index contributed by atoms with van der Waals surface area (Å²) in [6, 6.07) is 0. The van der Waals surface area contributed by atoms with Gasteiger partial charge >= 0.3 is 0 Å². The average Bonchev–Trinajstić information content (AvgIpc) is 2.71. The third kappa shape index (κ3) is 3.19. The van der Waals surface area contributed by atoms with E-state index in [0.29, 0.717) is 5.00 Å². The molecule has 0 atom stereocenters. The Morgan fingerprint density at radius 3 is 2.25 bits per heavy atom. The summed E-state index contributed by atoms with van der Waals surface area (Å²) in [6.07, 6.45) is 0. The highest BCUT2D eigenvalue weighted by Gasteiger charge is 2.29. The molecule has 20 heavy (non-hydrogen) atoms. The molecule has 0 saturated carbocycles. The van der Waals surface area contributed by atoms with E-state index in [2.05, 4.69) is 4.37 Å². The largest absolute Gasteiger partial charge is 0.382 e. The monoisotopic (exact) mass is 321 g/mol. The second-order valence-electron chi connectivity index (χ2n) is 4.63. The van der Waals surface area contributed by atoms with E-state index in [1.165, 1.54) is 23.9 Å². The number of hydrogen-bond donors (Lipinski definition) is 1. The lowest BCUT2D eigenvalue weighted by molar-refractivity contribution is -0.127. The van der Waals surface area contributed by atoms with Crippen molar-refractivity contribution in [2.45, 2.75) is 4.90 Å². The highest BCUT2D eigenvalue weighted by atomic mass is 32.2. The Morgan fingerprint density at radius 2 is 1.80 bits per heavy atom. The van der Waals surface area contributed by atoms with Crippen molar-refractivity contribution in [3.63, 3.8) is 0 Å². The number of amides is 1. The van der Waals surface area contributed by atoms with Crippen molar-refractivity contribution in [3.05, 3.63) is 0 Å². The lowest BCUT2D eigenvalue weighted by Gasteiger charge is -2.21. The van der Waals surface area contributed by atoms with Crippen LogP contribution >= 0.6 is 11.5 Å². The normalized spacial score (nSPS) is 11.7. The van der Waals surface area contributed by atoms with E-state index < -0.39 is 10.0 Å². The SMILES string of the molecule is CN(C)C(=O)CN(C)c1snc(N)c1S(=O)(=O)N(C)C. The number of aromatic nitrogens is 1. The van der Waals surface area contributed by atoms with Gasteiger partial charge in [-0.25, -0.2) is 12.7 Å². The zero-order valence-electron chi connectivity index (χ0n) is 12.1. The van der Waals surface area contributed by atoms with Crippen LogP contribution in [0.5, 0.6) is 0 Å². The maximum Gasteiger partial charge on any atom is 0.249 e. The molecule has 0 spiro atoms. The summed E-state index contributed by atoms with van der Waals surface area (Å²) in [5.74, 6) is -0.199. The van der Waals surface area contributed by atoms with E-state index in [1.807, 2.05) is 0 Å². The van der Waals surface area contributed by atoms with Gasteiger partial charge in [0.1, 0.15) is 5.00 Å². The third-order valence-electron chi connectivity index (χ3n) is 2.61. The first-order chi connectivity index (χ1) is 9.09. The molecule has 1 aromatic heterocycles. The molecule has 0 bridgehead atoms. The molecule has 1 aromatic rings. The summed E-state index contributed by atoms with van der Waals surface area (Å²) >= 11 is 0.957. The van der Waals surface area contributed by atoms with E-state index in [9.17, 15) is 13.2 Å². The Morgan fingerprint density at radius 1 is 1.25 bits per heavy atom. The fourth-order valence-corrected chi connectivity index (χ4v) is 3.57. The first kappa shape index (κ1) is 16.7. The number of carbonyl (C=O) groups is 1. The van der Waals surface area contributed by atoms with E-state index in [4.69, 9.17) is 5.73 Å². The van der Waals surface area contributed by atoms with Gasteiger partial charge in [0.15, 0.2) is 10.7 Å². The molecule has 0 aliphatic rings. The van der Waals surface area contributed by atoms with E-state index in [0.717, 1.165) is 15.8 Å². The molecule has 0 aliphatic carbocycles. The molecular formula is C10H19N5O3S2. The van der Waals surface area contributed by atoms with Crippen molar-refractivity contribution < 1.29 is 13.2 Å². The van der Waals surface area contributed by atoms with Gasteiger partial charge in [0, 0.05) is 35.2 Å². The summed E-state index contributed by atoms with van der Waals surface area (Å²) in [5, 5.41) is 0.353. The molecule has 2 N–H and O–H groups in total. The Kier molecular flexibility index (Phi) is 4.95. The number of sulfonamides is 1. The lowest BCUT2D eigenvalue weighted by Crippen LogP contribution is -2.35. The fourth-order valence-electron chi connectivity index (χ4n) is 1.37. The van der Waals surface area contributed by atoms with Crippen molar-refractivity contribution in [2.24, 2.45) is 0 Å². The van der Waals surface area contributed by atoms with Crippen LogP contribution in [0.3, 0.4) is 0 Å². The quantitative estimate of drug-likeness (QED) is 0.785. The average molecular weight is 321 g/mol. The molecule has 0 saturated heterocycles. The first-order valence-corrected chi connectivity index (χ1v) is 7.89. The zero-order valence-corrected chi connectivity index (χ0v) is 13.7. The number of carbonyl (C=O) groups excluding carboxylic acids is 1. The van der Waals surface area contributed by atoms with Crippen LogP contribution in [-0.4, -0.2) is 69.7 Å². The van der Waals surface area contributed by atoms with E-state index in [1.54, 1.807) is 21.1 Å². The van der Waals surface area contributed by atoms with Crippen LogP contribution in [-0.2, 0) is 14.8 Å². The van der Waals surface area contributed by atoms with Gasteiger partial charge in [-0.1, -0.05) is 0 Å². The number of nitrogens with two attached hydrogens (primary N) is 1. The van der Waals surface area contributed by atoms with Gasteiger partial charge in [-0.2, -0.15) is 4.37 Å². The summed E-state index contributed by atoms with van der Waals surface area (Å²) in [5.41, 5.74) is 5.67. The van der Waals surface area contributed by atoms with Crippen LogP contribution in [0.25, 0.3) is 0 Å². The number of likely N-dealkylation sites (N-methyl/N-ethyl adjacent to an activating group) is 2. The number of hydrogen-bond acceptors (Lipinski definition) is 7. The predicted octanol–water partition coefficient (Wildman–Crippen LogP) is -0.500. The molecule has 0 radical (unpaired) electrons. The standard InChI is InChI=1S/C10H19N5O3S2/c1-13(2)7(16)6-15(5)10-8(9(11)12-19-10)20(17,18)14(3)4/h6H2,1-5H3,(H2,11,12). The van der Waals surface area contributed by atoms with Gasteiger partial charge in [0.2, 0.25) is 15.9 Å². The number of rotatable bonds is 5. The maximum atomic E-state index is 12.2. The third-order valence-corrected chi connectivity index (χ3v) is 5.60. The minimum atomic E-state index is -3.71. The van der Waals surface area contributed by atoms with E-state index >= 15 is 0 Å². The number of anilines is 2. The summed E-state index contributed by atoms with van der Waals surface area (Å²) < 4.78 is 29.5. The summed E-state index contributed by atoms with van der Waals surface area (Å²) in [7, 11) is 4.02. The Hall–Kier alpha value is -1.39. The minimum Gasteiger partial charge on any atom is -0.382 e. The minimum absolute atomic E-state index is 0.0462. The Labute approximate surface area is 123 Å². The highest BCUT2D eigenvalue weighted by molar-refractivity contribution is 7.89. The van der Waals surface area contributed by atoms with Crippen LogP contribution in [0.15, 0.2) is 4.90 Å². The van der Waals surface area contributed by atoms with Gasteiger partial charge in [-0.05, 0) is 11.5 Å². The summed E-state index contributed by atoms with van der Waals surface area (Å²) in [4.78, 5) is 14.6. The smallest absolute Gasteiger partial charge is 0.249 e. The molecule has 0 fully saturated rings. The molecule has 0 aliphatic heterocycles. The van der Waals surface area contributed by atoms with Crippen molar-refractivity contribution in [2.75, 3.05) is 52.4 Å². The van der Waals surface area contributed by atoms with Crippen molar-refractivity contribution in [3.8, 4) is 0 Å². The van der Waals surface area contributed by atoms with E-state index in [-0.39, 0.29) is 23.2 Å². The van der Waals surface area contributed by atoms with Crippen LogP contribution in [0.2, 0.25) is 0 Å². The molecule has 8 nitrogen and oxygen atoms in total. The maximum absolute atomic E-state index is 12.2. The van der Waals surface area contributed by atoms with Crippen molar-refractivity contribution in [1.29, 1.82) is 0 Å². The molecule has 0 aromatic carbocycles. The first-order valence-electron chi connectivity index (χ1n) is 5.68. The Bertz CT molecular complexity index is 594. The molecule has 10 heteroatoms. The predicted molar refractivity (Wildman–Crippen MR) is 79.4 cm³/mol. The van der Waals surface area contributed by atoms with Gasteiger partial charge in [-0.15, -0.1) is 0 Å². The van der Waals surface area contributed by atoms with Crippen LogP contribution < -0.4 is 10.6 Å². The Balaban J connectivity index is 3.19. The molecule has 1 heterocycles. The number of nitrogens with zero attached hydrogens (tertiary/aromatic N) is 4. The molecule has 114 valence electrons. The topological polar surface area (TPSA) is 99.8 Å². The second-order valence-corrected chi connectivity index (χ2v) is 7.47. The van der Waals surface area contributed by atoms with Gasteiger partial charge in [0.25, 0.3) is 0 Å². The van der Waals surface area contributed by atoms with Crippen molar-refractivity contribution in [1.82, 2.24) is 13.6 Å². The molecule has 0 unspecified atom stereocenters. The lowest BCUT2D eigenvalue weighted by atomic mass is 10.4. The highest BCUT2D eigenvalue weighted by Crippen LogP contribution is 2.35.